The highest BCUT2D eigenvalue weighted by Gasteiger charge is 2.23. The summed E-state index contributed by atoms with van der Waals surface area (Å²) in [5.74, 6) is 0. The summed E-state index contributed by atoms with van der Waals surface area (Å²) in [6.07, 6.45) is 2.38. The number of nitrogens with one attached hydrogen (secondary N) is 1. The molecule has 0 aromatic carbocycles. The van der Waals surface area contributed by atoms with E-state index in [0.717, 1.165) is 5.69 Å². The summed E-state index contributed by atoms with van der Waals surface area (Å²) in [5.41, 5.74) is 1.02. The van der Waals surface area contributed by atoms with Crippen LogP contribution in [0, 0.1) is 5.41 Å². The van der Waals surface area contributed by atoms with Crippen molar-refractivity contribution in [3.8, 4) is 0 Å². The fourth-order valence-corrected chi connectivity index (χ4v) is 1.72. The molecule has 1 atom stereocenters. The van der Waals surface area contributed by atoms with E-state index in [-0.39, 0.29) is 18.1 Å². The molecule has 1 rings (SSSR count). The van der Waals surface area contributed by atoms with Gasteiger partial charge in [0.2, 0.25) is 0 Å². The van der Waals surface area contributed by atoms with E-state index in [1.165, 1.54) is 0 Å². The van der Waals surface area contributed by atoms with Gasteiger partial charge in [0.25, 0.3) is 0 Å². The van der Waals surface area contributed by atoms with E-state index in [0.29, 0.717) is 11.6 Å². The van der Waals surface area contributed by atoms with E-state index < -0.39 is 0 Å². The van der Waals surface area contributed by atoms with E-state index in [9.17, 15) is 0 Å². The summed E-state index contributed by atoms with van der Waals surface area (Å²) in [5, 5.41) is 12.9. The number of nitrogens with zero attached hydrogens (tertiary/aromatic N) is 1. The fourth-order valence-electron chi connectivity index (χ4n) is 1.54. The van der Waals surface area contributed by atoms with Crippen LogP contribution in [0.5, 0.6) is 0 Å². The van der Waals surface area contributed by atoms with Crippen LogP contribution in [0.15, 0.2) is 18.3 Å². The Morgan fingerprint density at radius 3 is 2.69 bits per heavy atom. The number of hydrogen-bond donors (Lipinski definition) is 2. The first-order valence-corrected chi connectivity index (χ1v) is 5.80. The number of aliphatic hydroxyl groups is 1. The van der Waals surface area contributed by atoms with Crippen molar-refractivity contribution in [1.29, 1.82) is 0 Å². The van der Waals surface area contributed by atoms with E-state index in [4.69, 9.17) is 16.7 Å². The molecule has 1 aromatic heterocycles. The third-order valence-corrected chi connectivity index (χ3v) is 2.74. The number of hydrogen-bond acceptors (Lipinski definition) is 3. The number of aromatic nitrogens is 1. The molecule has 1 aromatic rings. The molecule has 90 valence electrons. The summed E-state index contributed by atoms with van der Waals surface area (Å²) in [4.78, 5) is 3.93. The van der Waals surface area contributed by atoms with Gasteiger partial charge in [-0.1, -0.05) is 32.4 Å². The normalized spacial score (nSPS) is 13.6. The first kappa shape index (κ1) is 13.3. The molecule has 2 N–H and O–H groups in total. The highest BCUT2D eigenvalue weighted by Crippen LogP contribution is 2.25. The molecule has 0 saturated heterocycles. The van der Waals surface area contributed by atoms with Gasteiger partial charge in [-0.2, -0.15) is 0 Å². The number of aliphatic hydroxyl groups excluding tert-OH is 1. The van der Waals surface area contributed by atoms with Gasteiger partial charge in [0.05, 0.1) is 0 Å². The van der Waals surface area contributed by atoms with Crippen LogP contribution in [0.2, 0.25) is 5.15 Å². The van der Waals surface area contributed by atoms with Crippen LogP contribution in [0.25, 0.3) is 0 Å². The molecule has 0 amide bonds. The minimum absolute atomic E-state index is 0.0818. The number of halogens is 1. The maximum Gasteiger partial charge on any atom is 0.131 e. The summed E-state index contributed by atoms with van der Waals surface area (Å²) < 4.78 is 0. The molecule has 0 fully saturated rings. The number of rotatable bonds is 4. The van der Waals surface area contributed by atoms with Crippen LogP contribution in [0.1, 0.15) is 27.2 Å². The summed E-state index contributed by atoms with van der Waals surface area (Å²) in [6.45, 7) is 6.60. The van der Waals surface area contributed by atoms with E-state index >= 15 is 0 Å². The molecule has 0 spiro atoms. The summed E-state index contributed by atoms with van der Waals surface area (Å²) in [7, 11) is 0. The number of anilines is 1. The van der Waals surface area contributed by atoms with Gasteiger partial charge in [-0.3, -0.25) is 0 Å². The molecule has 16 heavy (non-hydrogen) atoms. The number of pyridine rings is 1. The van der Waals surface area contributed by atoms with Gasteiger partial charge < -0.3 is 10.4 Å². The molecular weight excluding hydrogens is 224 g/mol. The van der Waals surface area contributed by atoms with Gasteiger partial charge in [-0.15, -0.1) is 0 Å². The Bertz CT molecular complexity index is 336. The van der Waals surface area contributed by atoms with Crippen molar-refractivity contribution in [3.63, 3.8) is 0 Å². The van der Waals surface area contributed by atoms with Crippen LogP contribution in [0.3, 0.4) is 0 Å². The molecule has 0 aliphatic rings. The maximum absolute atomic E-state index is 9.05. The van der Waals surface area contributed by atoms with Crippen LogP contribution in [0.4, 0.5) is 5.69 Å². The van der Waals surface area contributed by atoms with Crippen LogP contribution >= 0.6 is 11.6 Å². The molecule has 0 aliphatic carbocycles. The molecule has 0 bridgehead atoms. The molecule has 1 heterocycles. The molecule has 4 heteroatoms. The topological polar surface area (TPSA) is 45.1 Å². The Labute approximate surface area is 102 Å². The van der Waals surface area contributed by atoms with E-state index in [1.54, 1.807) is 12.3 Å². The zero-order chi connectivity index (χ0) is 12.2. The summed E-state index contributed by atoms with van der Waals surface area (Å²) >= 11 is 5.82. The first-order valence-electron chi connectivity index (χ1n) is 5.42. The van der Waals surface area contributed by atoms with Crippen LogP contribution in [-0.4, -0.2) is 22.7 Å². The minimum Gasteiger partial charge on any atom is -0.396 e. The molecule has 0 aliphatic heterocycles. The van der Waals surface area contributed by atoms with Crippen LogP contribution < -0.4 is 5.32 Å². The molecular formula is C12H19ClN2O. The van der Waals surface area contributed by atoms with Gasteiger partial charge in [-0.05, 0) is 24.0 Å². The van der Waals surface area contributed by atoms with Gasteiger partial charge in [0.1, 0.15) is 5.15 Å². The van der Waals surface area contributed by atoms with Crippen LogP contribution in [-0.2, 0) is 0 Å². The van der Waals surface area contributed by atoms with Crippen molar-refractivity contribution < 1.29 is 5.11 Å². The lowest BCUT2D eigenvalue weighted by Gasteiger charge is -2.32. The Hall–Kier alpha value is -0.800. The lowest BCUT2D eigenvalue weighted by atomic mass is 9.85. The highest BCUT2D eigenvalue weighted by atomic mass is 35.5. The quantitative estimate of drug-likeness (QED) is 0.798. The smallest absolute Gasteiger partial charge is 0.131 e. The second kappa shape index (κ2) is 5.51. The van der Waals surface area contributed by atoms with Crippen molar-refractivity contribution in [1.82, 2.24) is 4.98 Å². The molecule has 0 saturated carbocycles. The monoisotopic (exact) mass is 242 g/mol. The second-order valence-corrected chi connectivity index (χ2v) is 5.33. The summed E-state index contributed by atoms with van der Waals surface area (Å²) in [6, 6.07) is 3.87. The van der Waals surface area contributed by atoms with Crippen molar-refractivity contribution >= 4 is 17.3 Å². The van der Waals surface area contributed by atoms with Crippen molar-refractivity contribution in [2.75, 3.05) is 11.9 Å². The predicted molar refractivity (Wildman–Crippen MR) is 67.8 cm³/mol. The zero-order valence-electron chi connectivity index (χ0n) is 10.00. The molecule has 1 unspecified atom stereocenters. The SMILES string of the molecule is CC(C)(C)C(CCO)Nc1ccnc(Cl)c1. The predicted octanol–water partition coefficient (Wildman–Crippen LogP) is 2.94. The second-order valence-electron chi connectivity index (χ2n) is 4.94. The van der Waals surface area contributed by atoms with E-state index in [1.807, 2.05) is 6.07 Å². The fraction of sp³-hybridized carbons (Fsp3) is 0.583. The van der Waals surface area contributed by atoms with E-state index in [2.05, 4.69) is 31.1 Å². The zero-order valence-corrected chi connectivity index (χ0v) is 10.8. The first-order chi connectivity index (χ1) is 7.43. The Morgan fingerprint density at radius 1 is 1.50 bits per heavy atom. The minimum atomic E-state index is 0.0818. The average Bonchev–Trinajstić information content (AvgIpc) is 2.16. The largest absolute Gasteiger partial charge is 0.396 e. The Kier molecular flexibility index (Phi) is 4.56. The Morgan fingerprint density at radius 2 is 2.19 bits per heavy atom. The van der Waals surface area contributed by atoms with Gasteiger partial charge >= 0.3 is 0 Å². The third-order valence-electron chi connectivity index (χ3n) is 2.53. The van der Waals surface area contributed by atoms with Crippen molar-refractivity contribution in [3.05, 3.63) is 23.5 Å². The Balaban J connectivity index is 2.76. The lowest BCUT2D eigenvalue weighted by Crippen LogP contribution is -2.34. The van der Waals surface area contributed by atoms with Crippen molar-refractivity contribution in [2.24, 2.45) is 5.41 Å². The molecule has 3 nitrogen and oxygen atoms in total. The van der Waals surface area contributed by atoms with Gasteiger partial charge in [0, 0.05) is 24.5 Å². The maximum atomic E-state index is 9.05. The van der Waals surface area contributed by atoms with Gasteiger partial charge in [0.15, 0.2) is 0 Å². The third kappa shape index (κ3) is 3.99. The lowest BCUT2D eigenvalue weighted by molar-refractivity contribution is 0.235. The highest BCUT2D eigenvalue weighted by molar-refractivity contribution is 6.29. The van der Waals surface area contributed by atoms with Crippen molar-refractivity contribution in [2.45, 2.75) is 33.2 Å². The molecule has 0 radical (unpaired) electrons. The average molecular weight is 243 g/mol. The van der Waals surface area contributed by atoms with Gasteiger partial charge in [-0.25, -0.2) is 4.98 Å². The standard InChI is InChI=1S/C12H19ClN2O/c1-12(2,3)10(5-7-16)15-9-4-6-14-11(13)8-9/h4,6,8,10,16H,5,7H2,1-3H3,(H,14,15).